The van der Waals surface area contributed by atoms with Gasteiger partial charge in [-0.2, -0.15) is 5.10 Å². The van der Waals surface area contributed by atoms with E-state index in [-0.39, 0.29) is 18.4 Å². The zero-order valence-electron chi connectivity index (χ0n) is 21.5. The van der Waals surface area contributed by atoms with Gasteiger partial charge < -0.3 is 10.1 Å². The van der Waals surface area contributed by atoms with Crippen LogP contribution in [0.5, 0.6) is 5.88 Å². The average molecular weight is 570 g/mol. The van der Waals surface area contributed by atoms with Gasteiger partial charge >= 0.3 is 0 Å². The third kappa shape index (κ3) is 5.39. The fourth-order valence-corrected chi connectivity index (χ4v) is 5.48. The highest BCUT2D eigenvalue weighted by atomic mass is 35.5. The number of aromatic nitrogens is 3. The van der Waals surface area contributed by atoms with E-state index in [9.17, 15) is 4.79 Å². The molecular formula is C29H27Cl3N4O2. The van der Waals surface area contributed by atoms with Gasteiger partial charge in [0.15, 0.2) is 0 Å². The SMILES string of the molecule is Cc1n[nH]c(C)c1CC(=O)N[C@@H]1CC(C)(C)Oc2nc(-c3ccc(Cl)cc3Cl)c(-c3ccc(Cl)cc3)cc21. The summed E-state index contributed by atoms with van der Waals surface area (Å²) in [5, 5.41) is 12.0. The lowest BCUT2D eigenvalue weighted by atomic mass is 9.88. The monoisotopic (exact) mass is 568 g/mol. The Hall–Kier alpha value is -3.06. The van der Waals surface area contributed by atoms with Gasteiger partial charge in [0.1, 0.15) is 5.60 Å². The standard InChI is InChI=1S/C29H27Cl3N4O2/c1-15-21(16(2)36-35-15)13-26(37)33-25-14-29(3,4)38-28-23(25)12-22(17-5-7-18(30)8-6-17)27(34-28)20-10-9-19(31)11-24(20)32/h5-12,25H,13-14H2,1-4H3,(H,33,37)(H,35,36)/t25-/m1/s1. The summed E-state index contributed by atoms with van der Waals surface area (Å²) in [6.07, 6.45) is 0.815. The highest BCUT2D eigenvalue weighted by Crippen LogP contribution is 2.45. The summed E-state index contributed by atoms with van der Waals surface area (Å²) in [7, 11) is 0. The Bertz CT molecular complexity index is 1510. The Labute approximate surface area is 236 Å². The summed E-state index contributed by atoms with van der Waals surface area (Å²) in [5.74, 6) is 0.366. The fourth-order valence-electron chi connectivity index (χ4n) is 4.85. The van der Waals surface area contributed by atoms with E-state index in [1.165, 1.54) is 0 Å². The number of pyridine rings is 1. The minimum atomic E-state index is -0.553. The Morgan fingerprint density at radius 2 is 1.76 bits per heavy atom. The molecule has 0 bridgehead atoms. The number of halogens is 3. The van der Waals surface area contributed by atoms with Crippen LogP contribution in [0.15, 0.2) is 48.5 Å². The summed E-state index contributed by atoms with van der Waals surface area (Å²) < 4.78 is 6.34. The second-order valence-electron chi connectivity index (χ2n) is 10.2. The number of hydrogen-bond donors (Lipinski definition) is 2. The van der Waals surface area contributed by atoms with Crippen LogP contribution in [0.1, 0.15) is 48.8 Å². The fraction of sp³-hybridized carbons (Fsp3) is 0.276. The smallest absolute Gasteiger partial charge is 0.225 e. The maximum absolute atomic E-state index is 13.2. The molecule has 2 aromatic heterocycles. The highest BCUT2D eigenvalue weighted by molar-refractivity contribution is 6.36. The van der Waals surface area contributed by atoms with Crippen molar-refractivity contribution in [3.63, 3.8) is 0 Å². The molecule has 2 aromatic carbocycles. The van der Waals surface area contributed by atoms with Gasteiger partial charge in [0.25, 0.3) is 0 Å². The van der Waals surface area contributed by atoms with Crippen molar-refractivity contribution in [3.05, 3.63) is 86.1 Å². The maximum atomic E-state index is 13.2. The van der Waals surface area contributed by atoms with Crippen LogP contribution < -0.4 is 10.1 Å². The Morgan fingerprint density at radius 1 is 1.05 bits per heavy atom. The third-order valence-corrected chi connectivity index (χ3v) is 7.55. The van der Waals surface area contributed by atoms with Crippen LogP contribution >= 0.6 is 34.8 Å². The van der Waals surface area contributed by atoms with Crippen LogP contribution in [0, 0.1) is 13.8 Å². The molecule has 4 aromatic rings. The zero-order valence-corrected chi connectivity index (χ0v) is 23.7. The van der Waals surface area contributed by atoms with E-state index >= 15 is 0 Å². The summed E-state index contributed by atoms with van der Waals surface area (Å²) in [4.78, 5) is 18.2. The molecule has 0 unspecified atom stereocenters. The highest BCUT2D eigenvalue weighted by Gasteiger charge is 2.37. The van der Waals surface area contributed by atoms with Gasteiger partial charge in [0.05, 0.1) is 28.9 Å². The van der Waals surface area contributed by atoms with E-state index < -0.39 is 5.60 Å². The molecule has 5 rings (SSSR count). The number of benzene rings is 2. The van der Waals surface area contributed by atoms with Crippen molar-refractivity contribution in [2.24, 2.45) is 0 Å². The number of nitrogens with zero attached hydrogens (tertiary/aromatic N) is 2. The molecule has 3 heterocycles. The molecular weight excluding hydrogens is 543 g/mol. The number of amides is 1. The quantitative estimate of drug-likeness (QED) is 0.258. The first kappa shape index (κ1) is 26.5. The van der Waals surface area contributed by atoms with E-state index in [1.807, 2.05) is 64.1 Å². The van der Waals surface area contributed by atoms with Gasteiger partial charge in [-0.1, -0.05) is 46.9 Å². The molecule has 1 aliphatic heterocycles. The first-order chi connectivity index (χ1) is 18.0. The van der Waals surface area contributed by atoms with Crippen LogP contribution in [0.2, 0.25) is 15.1 Å². The number of hydrogen-bond acceptors (Lipinski definition) is 4. The van der Waals surface area contributed by atoms with Gasteiger partial charge in [-0.15, -0.1) is 0 Å². The summed E-state index contributed by atoms with van der Waals surface area (Å²) in [6, 6.07) is 14.6. The minimum absolute atomic E-state index is 0.0934. The molecule has 1 aliphatic rings. The molecule has 6 nitrogen and oxygen atoms in total. The Kier molecular flexibility index (Phi) is 7.16. The van der Waals surface area contributed by atoms with Gasteiger partial charge in [-0.05, 0) is 69.7 Å². The van der Waals surface area contributed by atoms with E-state index in [1.54, 1.807) is 12.1 Å². The van der Waals surface area contributed by atoms with Crippen LogP contribution in [-0.4, -0.2) is 26.7 Å². The number of fused-ring (bicyclic) bond motifs is 1. The van der Waals surface area contributed by atoms with Crippen molar-refractivity contribution in [2.45, 2.75) is 52.2 Å². The number of ether oxygens (including phenoxy) is 1. The third-order valence-electron chi connectivity index (χ3n) is 6.75. The van der Waals surface area contributed by atoms with Crippen molar-refractivity contribution in [3.8, 4) is 28.3 Å². The number of aryl methyl sites for hydroxylation is 2. The second kappa shape index (κ2) is 10.3. The molecule has 0 saturated heterocycles. The molecule has 0 saturated carbocycles. The largest absolute Gasteiger partial charge is 0.471 e. The first-order valence-electron chi connectivity index (χ1n) is 12.3. The van der Waals surface area contributed by atoms with Gasteiger partial charge in [-0.25, -0.2) is 4.98 Å². The number of nitrogens with one attached hydrogen (secondary N) is 2. The van der Waals surface area contributed by atoms with E-state index in [4.69, 9.17) is 44.5 Å². The van der Waals surface area contributed by atoms with Crippen molar-refractivity contribution < 1.29 is 9.53 Å². The van der Waals surface area contributed by atoms with Crippen molar-refractivity contribution >= 4 is 40.7 Å². The molecule has 9 heteroatoms. The van der Waals surface area contributed by atoms with Crippen LogP contribution in [0.4, 0.5) is 0 Å². The molecule has 1 amide bonds. The Balaban J connectivity index is 1.61. The number of H-pyrrole nitrogens is 1. The average Bonchev–Trinajstić information content (AvgIpc) is 3.15. The van der Waals surface area contributed by atoms with E-state index in [2.05, 4.69) is 15.5 Å². The number of carbonyl (C=O) groups is 1. The zero-order chi connectivity index (χ0) is 27.2. The Morgan fingerprint density at radius 3 is 2.42 bits per heavy atom. The van der Waals surface area contributed by atoms with Crippen molar-refractivity contribution in [2.75, 3.05) is 0 Å². The van der Waals surface area contributed by atoms with Crippen molar-refractivity contribution in [1.82, 2.24) is 20.5 Å². The van der Waals surface area contributed by atoms with E-state index in [0.29, 0.717) is 33.1 Å². The predicted octanol–water partition coefficient (Wildman–Crippen LogP) is 7.68. The van der Waals surface area contributed by atoms with Gasteiger partial charge in [0.2, 0.25) is 11.8 Å². The summed E-state index contributed by atoms with van der Waals surface area (Å²) >= 11 is 19.0. The number of rotatable bonds is 5. The normalized spacial score (nSPS) is 16.0. The van der Waals surface area contributed by atoms with Gasteiger partial charge in [-0.3, -0.25) is 9.89 Å². The summed E-state index contributed by atoms with van der Waals surface area (Å²) in [6.45, 7) is 7.79. The molecule has 38 heavy (non-hydrogen) atoms. The van der Waals surface area contributed by atoms with Crippen molar-refractivity contribution in [1.29, 1.82) is 0 Å². The van der Waals surface area contributed by atoms with Crippen LogP contribution in [0.3, 0.4) is 0 Å². The molecule has 0 radical (unpaired) electrons. The lowest BCUT2D eigenvalue weighted by molar-refractivity contribution is -0.121. The molecule has 0 spiro atoms. The maximum Gasteiger partial charge on any atom is 0.225 e. The second-order valence-corrected chi connectivity index (χ2v) is 11.5. The first-order valence-corrected chi connectivity index (χ1v) is 13.4. The lowest BCUT2D eigenvalue weighted by Crippen LogP contribution is -2.42. The molecule has 0 fully saturated rings. The minimum Gasteiger partial charge on any atom is -0.471 e. The number of carbonyl (C=O) groups excluding carboxylic acids is 1. The van der Waals surface area contributed by atoms with E-state index in [0.717, 1.165) is 39.2 Å². The molecule has 2 N–H and O–H groups in total. The number of aromatic amines is 1. The molecule has 0 aliphatic carbocycles. The van der Waals surface area contributed by atoms with Crippen LogP contribution in [-0.2, 0) is 11.2 Å². The predicted molar refractivity (Wildman–Crippen MR) is 152 cm³/mol. The van der Waals surface area contributed by atoms with Gasteiger partial charge in [0, 0.05) is 44.4 Å². The lowest BCUT2D eigenvalue weighted by Gasteiger charge is -2.37. The molecule has 1 atom stereocenters. The molecule has 196 valence electrons. The topological polar surface area (TPSA) is 79.9 Å². The summed E-state index contributed by atoms with van der Waals surface area (Å²) in [5.41, 5.74) is 5.99. The van der Waals surface area contributed by atoms with Crippen LogP contribution in [0.25, 0.3) is 22.4 Å².